The Bertz CT molecular complexity index is 184. The second kappa shape index (κ2) is 15.5. The minimum Gasteiger partial charge on any atom is -0.680 e. The molecule has 0 fully saturated rings. The van der Waals surface area contributed by atoms with Crippen LogP contribution in [0.4, 0.5) is 0 Å². The number of nitrogens with zero attached hydrogens (tertiary/aromatic N) is 2. The Hall–Kier alpha value is 1.46. The predicted octanol–water partition coefficient (Wildman–Crippen LogP) is 0.481. The molecule has 7 heteroatoms. The molecule has 0 aromatic carbocycles. The van der Waals surface area contributed by atoms with Gasteiger partial charge in [-0.2, -0.15) is 0 Å². The van der Waals surface area contributed by atoms with Crippen LogP contribution in [0.3, 0.4) is 0 Å². The van der Waals surface area contributed by atoms with Crippen molar-refractivity contribution < 1.29 is 20.4 Å². The molecule has 0 aliphatic heterocycles. The summed E-state index contributed by atoms with van der Waals surface area (Å²) in [6.45, 7) is 12.1. The van der Waals surface area contributed by atoms with E-state index in [1.54, 1.807) is 0 Å². The third-order valence-electron chi connectivity index (χ3n) is 2.07. The summed E-state index contributed by atoms with van der Waals surface area (Å²) in [7, 11) is 0. The molecular weight excluding hydrogens is 383 g/mol. The van der Waals surface area contributed by atoms with Gasteiger partial charge in [0, 0.05) is 26.2 Å². The molecule has 17 heavy (non-hydrogen) atoms. The van der Waals surface area contributed by atoms with Crippen molar-refractivity contribution in [2.24, 2.45) is 0 Å². The summed E-state index contributed by atoms with van der Waals surface area (Å²) < 4.78 is 1.38. The SMILES string of the molecule is CCN(CC)C([S-])=[SH+].CCN(CC)C([S-])=[SH+].[Pd+2]. The van der Waals surface area contributed by atoms with E-state index in [4.69, 9.17) is 25.3 Å². The quantitative estimate of drug-likeness (QED) is 0.221. The molecule has 0 unspecified atom stereocenters. The van der Waals surface area contributed by atoms with Gasteiger partial charge in [-0.3, -0.25) is 9.80 Å². The normalized spacial score (nSPS) is 9.41. The van der Waals surface area contributed by atoms with E-state index in [1.807, 2.05) is 9.80 Å². The zero-order valence-corrected chi connectivity index (χ0v) is 15.7. The summed E-state index contributed by atoms with van der Waals surface area (Å²) in [5, 5.41) is 0. The molecule has 0 heterocycles. The van der Waals surface area contributed by atoms with Gasteiger partial charge >= 0.3 is 20.4 Å². The van der Waals surface area contributed by atoms with E-state index in [0.717, 1.165) is 26.2 Å². The van der Waals surface area contributed by atoms with Crippen molar-refractivity contribution in [3.63, 3.8) is 0 Å². The summed E-state index contributed by atoms with van der Waals surface area (Å²) in [5.74, 6) is 0. The van der Waals surface area contributed by atoms with Gasteiger partial charge in [0.1, 0.15) is 33.1 Å². The Kier molecular flexibility index (Phi) is 21.5. The average Bonchev–Trinajstić information content (AvgIpc) is 2.21. The van der Waals surface area contributed by atoms with Crippen molar-refractivity contribution in [1.29, 1.82) is 0 Å². The molecule has 0 spiro atoms. The minimum absolute atomic E-state index is 0. The molecule has 0 saturated carbocycles. The molecule has 0 aliphatic rings. The van der Waals surface area contributed by atoms with Crippen LogP contribution in [0.15, 0.2) is 0 Å². The first-order valence-corrected chi connectivity index (χ1v) is 7.11. The zero-order valence-electron chi connectivity index (χ0n) is 10.8. The van der Waals surface area contributed by atoms with Crippen LogP contribution in [0.5, 0.6) is 0 Å². The van der Waals surface area contributed by atoms with E-state index in [1.165, 1.54) is 0 Å². The average molecular weight is 405 g/mol. The molecule has 2 nitrogen and oxygen atoms in total. The van der Waals surface area contributed by atoms with Crippen LogP contribution in [-0.4, -0.2) is 44.6 Å². The maximum atomic E-state index is 4.81. The van der Waals surface area contributed by atoms with Crippen LogP contribution in [0.1, 0.15) is 27.7 Å². The van der Waals surface area contributed by atoms with Gasteiger partial charge in [0.05, 0.1) is 0 Å². The van der Waals surface area contributed by atoms with Crippen LogP contribution in [-0.2, 0) is 70.1 Å². The van der Waals surface area contributed by atoms with E-state index < -0.39 is 0 Å². The van der Waals surface area contributed by atoms with Gasteiger partial charge in [-0.25, -0.2) is 0 Å². The predicted molar refractivity (Wildman–Crippen MR) is 88.1 cm³/mol. The van der Waals surface area contributed by atoms with Crippen molar-refractivity contribution >= 4 is 58.3 Å². The summed E-state index contributed by atoms with van der Waals surface area (Å²) >= 11 is 17.6. The fraction of sp³-hybridized carbons (Fsp3) is 0.800. The van der Waals surface area contributed by atoms with Crippen molar-refractivity contribution in [3.8, 4) is 0 Å². The fourth-order valence-corrected chi connectivity index (χ4v) is 2.07. The first kappa shape index (κ1) is 23.5. The standard InChI is InChI=1S/2C5H11NS2.Pd/c2*1-3-6(4-2)5(7)8;/h2*3-4H2,1-2H3,(H,7,8);/q;;+2. The molecule has 0 amide bonds. The van der Waals surface area contributed by atoms with E-state index in [-0.39, 0.29) is 20.4 Å². The van der Waals surface area contributed by atoms with E-state index in [0.29, 0.717) is 8.64 Å². The minimum atomic E-state index is 0. The van der Waals surface area contributed by atoms with Gasteiger partial charge in [0.2, 0.25) is 0 Å². The van der Waals surface area contributed by atoms with Crippen molar-refractivity contribution in [2.45, 2.75) is 27.7 Å². The molecular formula is C10H22N2PdS4+2. The van der Waals surface area contributed by atoms with Crippen LogP contribution in [0, 0.1) is 0 Å². The first-order chi connectivity index (χ1) is 7.44. The maximum absolute atomic E-state index is 4.81. The molecule has 104 valence electrons. The summed E-state index contributed by atoms with van der Waals surface area (Å²) in [5.41, 5.74) is 0. The van der Waals surface area contributed by atoms with Crippen LogP contribution in [0.25, 0.3) is 0 Å². The summed E-state index contributed by atoms with van der Waals surface area (Å²) in [4.78, 5) is 4.02. The van der Waals surface area contributed by atoms with Gasteiger partial charge in [-0.05, 0) is 0 Å². The molecule has 0 N–H and O–H groups in total. The Morgan fingerprint density at radius 1 is 0.765 bits per heavy atom. The maximum Gasteiger partial charge on any atom is 2.00 e. The van der Waals surface area contributed by atoms with E-state index >= 15 is 0 Å². The zero-order chi connectivity index (χ0) is 13.1. The Morgan fingerprint density at radius 3 is 0.941 bits per heavy atom. The number of hydrogen-bond acceptors (Lipinski definition) is 2. The van der Waals surface area contributed by atoms with Crippen LogP contribution < -0.4 is 0 Å². The van der Waals surface area contributed by atoms with Gasteiger partial charge in [-0.1, -0.05) is 27.7 Å². The smallest absolute Gasteiger partial charge is 0.680 e. The van der Waals surface area contributed by atoms with Crippen molar-refractivity contribution in [3.05, 3.63) is 0 Å². The second-order valence-electron chi connectivity index (χ2n) is 2.91. The molecule has 0 aromatic rings. The molecule has 0 bridgehead atoms. The summed E-state index contributed by atoms with van der Waals surface area (Å²) in [6, 6.07) is 0. The van der Waals surface area contributed by atoms with Gasteiger partial charge in [-0.15, -0.1) is 0 Å². The molecule has 0 saturated heterocycles. The van der Waals surface area contributed by atoms with Crippen molar-refractivity contribution in [2.75, 3.05) is 26.2 Å². The Balaban J connectivity index is -0.000000218. The number of hydrogen-bond donors (Lipinski definition) is 0. The summed E-state index contributed by atoms with van der Waals surface area (Å²) in [6.07, 6.45) is 0. The van der Waals surface area contributed by atoms with Crippen molar-refractivity contribution in [1.82, 2.24) is 9.80 Å². The van der Waals surface area contributed by atoms with Gasteiger partial charge < -0.3 is 25.3 Å². The first-order valence-electron chi connectivity index (χ1n) is 5.40. The van der Waals surface area contributed by atoms with Gasteiger partial charge in [0.25, 0.3) is 0 Å². The van der Waals surface area contributed by atoms with E-state index in [9.17, 15) is 0 Å². The molecule has 0 aliphatic carbocycles. The third kappa shape index (κ3) is 13.7. The second-order valence-corrected chi connectivity index (χ2v) is 5.14. The Labute approximate surface area is 141 Å². The topological polar surface area (TPSA) is 6.48 Å². The largest absolute Gasteiger partial charge is 2.00 e. The third-order valence-corrected chi connectivity index (χ3v) is 3.15. The van der Waals surface area contributed by atoms with Crippen LogP contribution >= 0.6 is 0 Å². The van der Waals surface area contributed by atoms with Gasteiger partial charge in [0.15, 0.2) is 0 Å². The Morgan fingerprint density at radius 2 is 0.941 bits per heavy atom. The number of thiol groups is 2. The molecule has 0 atom stereocenters. The molecule has 0 rings (SSSR count). The fourth-order valence-electron chi connectivity index (χ4n) is 0.988. The number of rotatable bonds is 4. The van der Waals surface area contributed by atoms with Crippen LogP contribution in [0.2, 0.25) is 0 Å². The molecule has 0 aromatic heterocycles. The van der Waals surface area contributed by atoms with E-state index in [2.05, 4.69) is 52.1 Å². The molecule has 0 radical (unpaired) electrons. The monoisotopic (exact) mass is 404 g/mol.